The molecule has 1 aliphatic rings. The highest BCUT2D eigenvalue weighted by Crippen LogP contribution is 2.32. The molecular weight excluding hydrogens is 296 g/mol. The number of hydrogen-bond acceptors (Lipinski definition) is 4. The normalized spacial score (nSPS) is 15.9. The van der Waals surface area contributed by atoms with Gasteiger partial charge in [0, 0.05) is 5.69 Å². The van der Waals surface area contributed by atoms with E-state index in [9.17, 15) is 9.59 Å². The summed E-state index contributed by atoms with van der Waals surface area (Å²) in [4.78, 5) is 23.5. The third-order valence-electron chi connectivity index (χ3n) is 3.31. The van der Waals surface area contributed by atoms with Gasteiger partial charge < -0.3 is 20.1 Å². The summed E-state index contributed by atoms with van der Waals surface area (Å²) < 4.78 is 10.8. The van der Waals surface area contributed by atoms with Crippen LogP contribution in [-0.2, 0) is 9.59 Å². The molecule has 0 spiro atoms. The predicted molar refractivity (Wildman–Crippen MR) is 85.7 cm³/mol. The van der Waals surface area contributed by atoms with E-state index in [0.717, 1.165) is 0 Å². The zero-order valence-electron chi connectivity index (χ0n) is 12.5. The fraction of sp³-hybridized carbons (Fsp3) is 0.176. The summed E-state index contributed by atoms with van der Waals surface area (Å²) >= 11 is 0. The SMILES string of the molecule is C[C@@H]1Oc2ccc(NC(=O)COc3ccccc3)cc2NC1=O. The lowest BCUT2D eigenvalue weighted by Crippen LogP contribution is -2.34. The highest BCUT2D eigenvalue weighted by Gasteiger charge is 2.23. The summed E-state index contributed by atoms with van der Waals surface area (Å²) in [5.74, 6) is 0.706. The van der Waals surface area contributed by atoms with E-state index >= 15 is 0 Å². The highest BCUT2D eigenvalue weighted by molar-refractivity contribution is 5.99. The third kappa shape index (κ3) is 3.60. The molecule has 1 aliphatic heterocycles. The van der Waals surface area contributed by atoms with Crippen molar-refractivity contribution in [3.05, 3.63) is 48.5 Å². The largest absolute Gasteiger partial charge is 0.484 e. The van der Waals surface area contributed by atoms with Crippen LogP contribution in [0.3, 0.4) is 0 Å². The van der Waals surface area contributed by atoms with Crippen molar-refractivity contribution >= 4 is 23.2 Å². The van der Waals surface area contributed by atoms with Crippen LogP contribution in [0.2, 0.25) is 0 Å². The number of rotatable bonds is 4. The Morgan fingerprint density at radius 1 is 1.26 bits per heavy atom. The lowest BCUT2D eigenvalue weighted by atomic mass is 10.2. The lowest BCUT2D eigenvalue weighted by molar-refractivity contribution is -0.122. The van der Waals surface area contributed by atoms with Crippen LogP contribution in [0.5, 0.6) is 11.5 Å². The van der Waals surface area contributed by atoms with Crippen LogP contribution in [0.4, 0.5) is 11.4 Å². The van der Waals surface area contributed by atoms with Gasteiger partial charge in [-0.3, -0.25) is 9.59 Å². The molecule has 2 aromatic carbocycles. The fourth-order valence-electron chi connectivity index (χ4n) is 2.15. The number of carbonyl (C=O) groups is 2. The Morgan fingerprint density at radius 3 is 2.83 bits per heavy atom. The summed E-state index contributed by atoms with van der Waals surface area (Å²) in [5, 5.41) is 5.45. The Kier molecular flexibility index (Phi) is 4.14. The van der Waals surface area contributed by atoms with E-state index < -0.39 is 6.10 Å². The summed E-state index contributed by atoms with van der Waals surface area (Å²) in [5.41, 5.74) is 1.10. The van der Waals surface area contributed by atoms with Gasteiger partial charge in [-0.25, -0.2) is 0 Å². The molecule has 6 heteroatoms. The monoisotopic (exact) mass is 312 g/mol. The van der Waals surface area contributed by atoms with E-state index in [1.807, 2.05) is 18.2 Å². The third-order valence-corrected chi connectivity index (χ3v) is 3.31. The lowest BCUT2D eigenvalue weighted by Gasteiger charge is -2.23. The van der Waals surface area contributed by atoms with Crippen LogP contribution >= 0.6 is 0 Å². The zero-order valence-corrected chi connectivity index (χ0v) is 12.5. The van der Waals surface area contributed by atoms with Crippen molar-refractivity contribution in [1.82, 2.24) is 0 Å². The molecule has 0 fully saturated rings. The first kappa shape index (κ1) is 14.9. The molecule has 2 aromatic rings. The van der Waals surface area contributed by atoms with Gasteiger partial charge in [0.25, 0.3) is 11.8 Å². The van der Waals surface area contributed by atoms with E-state index in [0.29, 0.717) is 22.9 Å². The van der Waals surface area contributed by atoms with Crippen LogP contribution in [0.1, 0.15) is 6.92 Å². The number of hydrogen-bond donors (Lipinski definition) is 2. The second kappa shape index (κ2) is 6.39. The van der Waals surface area contributed by atoms with Crippen LogP contribution in [0.15, 0.2) is 48.5 Å². The molecule has 0 unspecified atom stereocenters. The topological polar surface area (TPSA) is 76.7 Å². The second-order valence-electron chi connectivity index (χ2n) is 5.11. The zero-order chi connectivity index (χ0) is 16.2. The molecule has 2 amide bonds. The summed E-state index contributed by atoms with van der Waals surface area (Å²) in [7, 11) is 0. The first-order valence-electron chi connectivity index (χ1n) is 7.21. The van der Waals surface area contributed by atoms with E-state index in [4.69, 9.17) is 9.47 Å². The average molecular weight is 312 g/mol. The summed E-state index contributed by atoms with van der Waals surface area (Å²) in [6.07, 6.45) is -0.526. The number of fused-ring (bicyclic) bond motifs is 1. The van der Waals surface area contributed by atoms with E-state index in [-0.39, 0.29) is 18.4 Å². The van der Waals surface area contributed by atoms with Crippen molar-refractivity contribution in [2.75, 3.05) is 17.2 Å². The molecule has 23 heavy (non-hydrogen) atoms. The average Bonchev–Trinajstić information content (AvgIpc) is 2.55. The van der Waals surface area contributed by atoms with Gasteiger partial charge in [0.1, 0.15) is 11.5 Å². The van der Waals surface area contributed by atoms with Crippen LogP contribution in [0.25, 0.3) is 0 Å². The minimum Gasteiger partial charge on any atom is -0.484 e. The van der Waals surface area contributed by atoms with Gasteiger partial charge in [0.15, 0.2) is 12.7 Å². The van der Waals surface area contributed by atoms with E-state index in [2.05, 4.69) is 10.6 Å². The Balaban J connectivity index is 1.61. The Morgan fingerprint density at radius 2 is 2.04 bits per heavy atom. The van der Waals surface area contributed by atoms with Crippen molar-refractivity contribution in [1.29, 1.82) is 0 Å². The van der Waals surface area contributed by atoms with Gasteiger partial charge in [-0.15, -0.1) is 0 Å². The fourth-order valence-corrected chi connectivity index (χ4v) is 2.15. The molecule has 1 atom stereocenters. The molecule has 2 N–H and O–H groups in total. The van der Waals surface area contributed by atoms with Crippen molar-refractivity contribution in [2.24, 2.45) is 0 Å². The van der Waals surface area contributed by atoms with Gasteiger partial charge in [-0.1, -0.05) is 18.2 Å². The molecule has 0 aromatic heterocycles. The number of carbonyl (C=O) groups excluding carboxylic acids is 2. The summed E-state index contributed by atoms with van der Waals surface area (Å²) in [6, 6.07) is 14.2. The first-order valence-corrected chi connectivity index (χ1v) is 7.21. The number of para-hydroxylation sites is 1. The molecule has 6 nitrogen and oxygen atoms in total. The van der Waals surface area contributed by atoms with Crippen molar-refractivity contribution in [2.45, 2.75) is 13.0 Å². The van der Waals surface area contributed by atoms with Crippen LogP contribution in [0, 0.1) is 0 Å². The molecule has 0 radical (unpaired) electrons. The highest BCUT2D eigenvalue weighted by atomic mass is 16.5. The minimum absolute atomic E-state index is 0.0962. The van der Waals surface area contributed by atoms with Crippen molar-refractivity contribution in [3.63, 3.8) is 0 Å². The molecule has 0 saturated heterocycles. The molecule has 118 valence electrons. The first-order chi connectivity index (χ1) is 11.1. The predicted octanol–water partition coefficient (Wildman–Crippen LogP) is 2.42. The Hall–Kier alpha value is -3.02. The quantitative estimate of drug-likeness (QED) is 0.909. The molecule has 3 rings (SSSR count). The molecule has 0 bridgehead atoms. The van der Waals surface area contributed by atoms with Gasteiger partial charge >= 0.3 is 0 Å². The van der Waals surface area contributed by atoms with Crippen molar-refractivity contribution < 1.29 is 19.1 Å². The number of ether oxygens (including phenoxy) is 2. The maximum atomic E-state index is 11.9. The molecular formula is C17H16N2O4. The molecule has 0 aliphatic carbocycles. The van der Waals surface area contributed by atoms with Crippen LogP contribution in [-0.4, -0.2) is 24.5 Å². The van der Waals surface area contributed by atoms with Gasteiger partial charge in [-0.05, 0) is 37.3 Å². The maximum Gasteiger partial charge on any atom is 0.265 e. The number of anilines is 2. The number of amides is 2. The van der Waals surface area contributed by atoms with E-state index in [1.54, 1.807) is 37.3 Å². The Labute approximate surface area is 133 Å². The molecule has 0 saturated carbocycles. The van der Waals surface area contributed by atoms with Gasteiger partial charge in [0.05, 0.1) is 5.69 Å². The maximum absolute atomic E-state index is 11.9. The standard InChI is InChI=1S/C17H16N2O4/c1-11-17(21)19-14-9-12(7-8-15(14)23-11)18-16(20)10-22-13-5-3-2-4-6-13/h2-9,11H,10H2,1H3,(H,18,20)(H,19,21)/t11-/m0/s1. The van der Waals surface area contributed by atoms with Crippen molar-refractivity contribution in [3.8, 4) is 11.5 Å². The van der Waals surface area contributed by atoms with Crippen LogP contribution < -0.4 is 20.1 Å². The van der Waals surface area contributed by atoms with E-state index in [1.165, 1.54) is 0 Å². The van der Waals surface area contributed by atoms with Gasteiger partial charge in [-0.2, -0.15) is 0 Å². The number of benzene rings is 2. The smallest absolute Gasteiger partial charge is 0.265 e. The number of nitrogens with one attached hydrogen (secondary N) is 2. The second-order valence-corrected chi connectivity index (χ2v) is 5.11. The Bertz CT molecular complexity index is 731. The molecule has 1 heterocycles. The minimum atomic E-state index is -0.526. The summed E-state index contributed by atoms with van der Waals surface area (Å²) in [6.45, 7) is 1.58. The van der Waals surface area contributed by atoms with Gasteiger partial charge in [0.2, 0.25) is 0 Å².